The van der Waals surface area contributed by atoms with Crippen LogP contribution in [0, 0.1) is 12.7 Å². The van der Waals surface area contributed by atoms with Crippen molar-refractivity contribution in [2.24, 2.45) is 0 Å². The Morgan fingerprint density at radius 1 is 1.16 bits per heavy atom. The van der Waals surface area contributed by atoms with Gasteiger partial charge in [-0.3, -0.25) is 4.79 Å². The smallest absolute Gasteiger partial charge is 0.275 e. The van der Waals surface area contributed by atoms with Crippen molar-refractivity contribution >= 4 is 5.91 Å². The number of methoxy groups -OCH3 is 1. The average Bonchev–Trinajstić information content (AvgIpc) is 3.06. The number of carbonyl (C=O) groups excluding carboxylic acids is 1. The predicted molar refractivity (Wildman–Crippen MR) is 92.4 cm³/mol. The van der Waals surface area contributed by atoms with Crippen LogP contribution in [0.4, 0.5) is 4.39 Å². The first-order chi connectivity index (χ1) is 12.1. The summed E-state index contributed by atoms with van der Waals surface area (Å²) < 4.78 is 19.8. The maximum atomic E-state index is 13.0. The van der Waals surface area contributed by atoms with Crippen molar-refractivity contribution in [3.05, 3.63) is 77.4 Å². The van der Waals surface area contributed by atoms with Crippen molar-refractivity contribution < 1.29 is 13.9 Å². The molecule has 1 heterocycles. The van der Waals surface area contributed by atoms with Gasteiger partial charge in [0.05, 0.1) is 19.0 Å². The number of nitrogens with zero attached hydrogens (tertiary/aromatic N) is 2. The summed E-state index contributed by atoms with van der Waals surface area (Å²) in [7, 11) is 1.47. The third-order valence-corrected chi connectivity index (χ3v) is 3.78. The predicted octanol–water partition coefficient (Wildman–Crippen LogP) is 3.26. The molecule has 0 fully saturated rings. The monoisotopic (exact) mass is 339 g/mol. The molecule has 5 nitrogen and oxygen atoms in total. The van der Waals surface area contributed by atoms with Gasteiger partial charge in [-0.1, -0.05) is 29.8 Å². The fourth-order valence-corrected chi connectivity index (χ4v) is 2.36. The first-order valence-corrected chi connectivity index (χ1v) is 7.80. The molecule has 0 radical (unpaired) electrons. The van der Waals surface area contributed by atoms with E-state index in [1.165, 1.54) is 23.9 Å². The Morgan fingerprint density at radius 2 is 1.84 bits per heavy atom. The van der Waals surface area contributed by atoms with Crippen LogP contribution in [0.25, 0.3) is 5.69 Å². The molecule has 0 saturated heterocycles. The molecule has 2 aromatic carbocycles. The molecule has 0 saturated carbocycles. The molecule has 25 heavy (non-hydrogen) atoms. The van der Waals surface area contributed by atoms with E-state index >= 15 is 0 Å². The second-order valence-electron chi connectivity index (χ2n) is 5.64. The number of rotatable bonds is 5. The summed E-state index contributed by atoms with van der Waals surface area (Å²) in [6, 6.07) is 13.7. The molecule has 0 aliphatic carbocycles. The summed E-state index contributed by atoms with van der Waals surface area (Å²) in [5.41, 5.74) is 2.97. The van der Waals surface area contributed by atoms with Crippen LogP contribution in [0.2, 0.25) is 0 Å². The Morgan fingerprint density at radius 3 is 2.48 bits per heavy atom. The molecule has 0 unspecified atom stereocenters. The van der Waals surface area contributed by atoms with Crippen molar-refractivity contribution in [1.29, 1.82) is 0 Å². The molecule has 0 aliphatic rings. The van der Waals surface area contributed by atoms with Crippen LogP contribution in [0.15, 0.2) is 54.7 Å². The molecule has 0 aliphatic heterocycles. The molecule has 3 rings (SSSR count). The van der Waals surface area contributed by atoms with Crippen molar-refractivity contribution in [2.45, 2.75) is 13.5 Å². The van der Waals surface area contributed by atoms with E-state index in [1.807, 2.05) is 31.2 Å². The molecule has 1 aromatic heterocycles. The Bertz CT molecular complexity index is 871. The van der Waals surface area contributed by atoms with Crippen LogP contribution in [0.5, 0.6) is 5.75 Å². The number of nitrogens with one attached hydrogen (secondary N) is 1. The molecular formula is C19H18FN3O2. The number of halogens is 1. The van der Waals surface area contributed by atoms with Crippen molar-refractivity contribution in [1.82, 2.24) is 15.1 Å². The van der Waals surface area contributed by atoms with Gasteiger partial charge in [0, 0.05) is 6.54 Å². The van der Waals surface area contributed by atoms with E-state index in [1.54, 1.807) is 18.3 Å². The van der Waals surface area contributed by atoms with Gasteiger partial charge >= 0.3 is 0 Å². The topological polar surface area (TPSA) is 56.2 Å². The van der Waals surface area contributed by atoms with Crippen molar-refractivity contribution in [3.8, 4) is 11.4 Å². The van der Waals surface area contributed by atoms with Gasteiger partial charge < -0.3 is 10.1 Å². The van der Waals surface area contributed by atoms with Gasteiger partial charge in [-0.05, 0) is 36.8 Å². The third kappa shape index (κ3) is 3.85. The van der Waals surface area contributed by atoms with E-state index in [9.17, 15) is 9.18 Å². The second-order valence-corrected chi connectivity index (χ2v) is 5.64. The van der Waals surface area contributed by atoms with Gasteiger partial charge in [0.1, 0.15) is 5.82 Å². The lowest BCUT2D eigenvalue weighted by Crippen LogP contribution is -2.24. The third-order valence-electron chi connectivity index (χ3n) is 3.78. The quantitative estimate of drug-likeness (QED) is 0.776. The molecule has 1 amide bonds. The van der Waals surface area contributed by atoms with Crippen LogP contribution >= 0.6 is 0 Å². The number of aryl methyl sites for hydroxylation is 1. The van der Waals surface area contributed by atoms with E-state index in [2.05, 4.69) is 10.4 Å². The van der Waals surface area contributed by atoms with E-state index in [4.69, 9.17) is 4.74 Å². The maximum absolute atomic E-state index is 13.0. The SMILES string of the molecule is COc1cn(-c2ccc(F)cc2)nc1C(=O)NCc1ccc(C)cc1. The van der Waals surface area contributed by atoms with Crippen molar-refractivity contribution in [2.75, 3.05) is 7.11 Å². The fourth-order valence-electron chi connectivity index (χ4n) is 2.36. The summed E-state index contributed by atoms with van der Waals surface area (Å²) in [5, 5.41) is 7.09. The number of hydrogen-bond acceptors (Lipinski definition) is 3. The highest BCUT2D eigenvalue weighted by atomic mass is 19.1. The molecule has 0 atom stereocenters. The molecule has 1 N–H and O–H groups in total. The Balaban J connectivity index is 1.77. The number of aromatic nitrogens is 2. The van der Waals surface area contributed by atoms with E-state index in [0.717, 1.165) is 11.1 Å². The maximum Gasteiger partial charge on any atom is 0.275 e. The first kappa shape index (κ1) is 16.7. The van der Waals surface area contributed by atoms with E-state index < -0.39 is 0 Å². The lowest BCUT2D eigenvalue weighted by atomic mass is 10.1. The summed E-state index contributed by atoms with van der Waals surface area (Å²) in [5.74, 6) is -0.317. The summed E-state index contributed by atoms with van der Waals surface area (Å²) >= 11 is 0. The fraction of sp³-hybridized carbons (Fsp3) is 0.158. The zero-order chi connectivity index (χ0) is 17.8. The van der Waals surface area contributed by atoms with Gasteiger partial charge in [-0.15, -0.1) is 0 Å². The average molecular weight is 339 g/mol. The summed E-state index contributed by atoms with van der Waals surface area (Å²) in [6.07, 6.45) is 1.59. The number of carbonyl (C=O) groups is 1. The van der Waals surface area contributed by atoms with Gasteiger partial charge in [-0.25, -0.2) is 9.07 Å². The van der Waals surface area contributed by atoms with Gasteiger partial charge in [-0.2, -0.15) is 5.10 Å². The van der Waals surface area contributed by atoms with Crippen LogP contribution in [-0.2, 0) is 6.54 Å². The van der Waals surface area contributed by atoms with E-state index in [0.29, 0.717) is 18.0 Å². The lowest BCUT2D eigenvalue weighted by Gasteiger charge is -2.05. The van der Waals surface area contributed by atoms with Gasteiger partial charge in [0.25, 0.3) is 5.91 Å². The highest BCUT2D eigenvalue weighted by Gasteiger charge is 2.18. The molecule has 0 bridgehead atoms. The van der Waals surface area contributed by atoms with Crippen LogP contribution in [0.1, 0.15) is 21.6 Å². The minimum Gasteiger partial charge on any atom is -0.493 e. The van der Waals surface area contributed by atoms with E-state index in [-0.39, 0.29) is 17.4 Å². The zero-order valence-corrected chi connectivity index (χ0v) is 14.0. The normalized spacial score (nSPS) is 10.5. The minimum atomic E-state index is -0.335. The highest BCUT2D eigenvalue weighted by Crippen LogP contribution is 2.20. The van der Waals surface area contributed by atoms with Gasteiger partial charge in [0.15, 0.2) is 11.4 Å². The number of ether oxygens (including phenoxy) is 1. The second kappa shape index (κ2) is 7.17. The van der Waals surface area contributed by atoms with Gasteiger partial charge in [0.2, 0.25) is 0 Å². The summed E-state index contributed by atoms with van der Waals surface area (Å²) in [4.78, 5) is 12.4. The number of amides is 1. The van der Waals surface area contributed by atoms with Crippen molar-refractivity contribution in [3.63, 3.8) is 0 Å². The van der Waals surface area contributed by atoms with Crippen LogP contribution in [-0.4, -0.2) is 22.8 Å². The highest BCUT2D eigenvalue weighted by molar-refractivity contribution is 5.94. The standard InChI is InChI=1S/C19H18FN3O2/c1-13-3-5-14(6-4-13)11-21-19(24)18-17(25-2)12-23(22-18)16-9-7-15(20)8-10-16/h3-10,12H,11H2,1-2H3,(H,21,24). The molecule has 128 valence electrons. The first-order valence-electron chi connectivity index (χ1n) is 7.80. The molecule has 6 heteroatoms. The molecule has 0 spiro atoms. The minimum absolute atomic E-state index is 0.180. The largest absolute Gasteiger partial charge is 0.493 e. The summed E-state index contributed by atoms with van der Waals surface area (Å²) in [6.45, 7) is 2.40. The molecule has 3 aromatic rings. The Kier molecular flexibility index (Phi) is 4.79. The zero-order valence-electron chi connectivity index (χ0n) is 14.0. The molecular weight excluding hydrogens is 321 g/mol. The Labute approximate surface area is 145 Å². The number of benzene rings is 2. The van der Waals surface area contributed by atoms with Crippen LogP contribution < -0.4 is 10.1 Å². The number of hydrogen-bond donors (Lipinski definition) is 1. The lowest BCUT2D eigenvalue weighted by molar-refractivity contribution is 0.0942. The van der Waals surface area contributed by atoms with Crippen LogP contribution in [0.3, 0.4) is 0 Å². The Hall–Kier alpha value is -3.15.